The molecule has 9 rings (SSSR count). The number of hydrogen-bond donors (Lipinski definition) is 0. The van der Waals surface area contributed by atoms with Crippen LogP contribution in [0.2, 0.25) is 0 Å². The van der Waals surface area contributed by atoms with Crippen LogP contribution in [0.3, 0.4) is 0 Å². The summed E-state index contributed by atoms with van der Waals surface area (Å²) in [5, 5.41) is 0. The summed E-state index contributed by atoms with van der Waals surface area (Å²) in [6, 6.07) is 24.6. The summed E-state index contributed by atoms with van der Waals surface area (Å²) in [5.41, 5.74) is 11.5. The second-order valence-electron chi connectivity index (χ2n) is 12.9. The molecule has 0 saturated heterocycles. The van der Waals surface area contributed by atoms with Crippen LogP contribution in [0.15, 0.2) is 72.9 Å². The molecule has 0 fully saturated rings. The lowest BCUT2D eigenvalue weighted by Gasteiger charge is -2.43. The molecule has 5 aromatic rings. The van der Waals surface area contributed by atoms with Crippen LogP contribution in [-0.4, -0.2) is 4.57 Å². The number of rotatable bonds is 0. The summed E-state index contributed by atoms with van der Waals surface area (Å²) in [7, 11) is 2.24. The fourth-order valence-corrected chi connectivity index (χ4v) is 8.32. The van der Waals surface area contributed by atoms with Crippen molar-refractivity contribution in [3.63, 3.8) is 0 Å². The molecule has 4 nitrogen and oxygen atoms in total. The van der Waals surface area contributed by atoms with Crippen molar-refractivity contribution in [2.75, 3.05) is 0 Å². The highest BCUT2D eigenvalue weighted by atomic mass is 16.5. The number of para-hydroxylation sites is 1. The molecule has 5 heterocycles. The molecule has 1 atom stereocenters. The second-order valence-corrected chi connectivity index (χ2v) is 12.9. The Kier molecular flexibility index (Phi) is 3.44. The van der Waals surface area contributed by atoms with Crippen LogP contribution in [0.5, 0.6) is 11.5 Å². The van der Waals surface area contributed by atoms with E-state index < -0.39 is 5.54 Å². The summed E-state index contributed by atoms with van der Waals surface area (Å²) in [5.74, 6) is 3.22. The van der Waals surface area contributed by atoms with E-state index in [4.69, 9.17) is 4.74 Å². The number of nitrogens with zero attached hydrogens (tertiary/aromatic N) is 3. The van der Waals surface area contributed by atoms with Gasteiger partial charge in [-0.3, -0.25) is 0 Å². The average Bonchev–Trinajstić information content (AvgIpc) is 3.50. The molecule has 3 aliphatic heterocycles. The Labute approximate surface area is 222 Å². The van der Waals surface area contributed by atoms with Crippen molar-refractivity contribution >= 4 is 11.0 Å². The highest BCUT2D eigenvalue weighted by Crippen LogP contribution is 2.60. The van der Waals surface area contributed by atoms with Crippen LogP contribution in [0.1, 0.15) is 68.6 Å². The molecule has 0 bridgehead atoms. The van der Waals surface area contributed by atoms with E-state index in [2.05, 4.69) is 121 Å². The summed E-state index contributed by atoms with van der Waals surface area (Å²) < 4.78 is 14.4. The first-order valence-corrected chi connectivity index (χ1v) is 13.8. The SMILES string of the molecule is Cn1c2[n+]3c4c(cccc41)Oc1cc4c(c(c1-3)C21c2ccccc2-c2cccc[n+]21)C(C)(C)CCC4(C)C. The monoisotopic (exact) mass is 497 g/mol. The van der Waals surface area contributed by atoms with E-state index in [0.29, 0.717) is 0 Å². The van der Waals surface area contributed by atoms with E-state index in [1.165, 1.54) is 62.5 Å². The molecule has 0 saturated carbocycles. The van der Waals surface area contributed by atoms with Gasteiger partial charge in [-0.05, 0) is 65.1 Å². The fraction of sp³-hybridized carbons (Fsp3) is 0.294. The van der Waals surface area contributed by atoms with Gasteiger partial charge in [0.25, 0.3) is 0 Å². The van der Waals surface area contributed by atoms with Crippen molar-refractivity contribution in [1.29, 1.82) is 0 Å². The van der Waals surface area contributed by atoms with Crippen molar-refractivity contribution in [3.8, 4) is 28.4 Å². The second kappa shape index (κ2) is 6.20. The number of aromatic nitrogens is 3. The Balaban J connectivity index is 1.61. The van der Waals surface area contributed by atoms with Gasteiger partial charge in [0.1, 0.15) is 0 Å². The maximum Gasteiger partial charge on any atom is 0.346 e. The van der Waals surface area contributed by atoms with E-state index in [-0.39, 0.29) is 10.8 Å². The van der Waals surface area contributed by atoms with Gasteiger partial charge in [0.05, 0.1) is 23.7 Å². The van der Waals surface area contributed by atoms with E-state index in [0.717, 1.165) is 17.9 Å². The first-order valence-electron chi connectivity index (χ1n) is 13.8. The maximum atomic E-state index is 6.84. The van der Waals surface area contributed by atoms with E-state index in [1.54, 1.807) is 0 Å². The molecule has 0 amide bonds. The molecule has 4 aliphatic rings. The van der Waals surface area contributed by atoms with Crippen LogP contribution in [-0.2, 0) is 23.4 Å². The smallest absolute Gasteiger partial charge is 0.346 e. The Morgan fingerprint density at radius 3 is 2.45 bits per heavy atom. The van der Waals surface area contributed by atoms with Crippen LogP contribution in [0.4, 0.5) is 0 Å². The largest absolute Gasteiger partial charge is 0.448 e. The summed E-state index contributed by atoms with van der Waals surface area (Å²) in [6.45, 7) is 9.74. The topological polar surface area (TPSA) is 21.9 Å². The van der Waals surface area contributed by atoms with Gasteiger partial charge < -0.3 is 4.74 Å². The zero-order chi connectivity index (χ0) is 25.8. The number of ether oxygens (including phenoxy) is 1. The molecule has 186 valence electrons. The molecule has 2 aromatic heterocycles. The third kappa shape index (κ3) is 2.05. The van der Waals surface area contributed by atoms with Gasteiger partial charge in [-0.15, -0.1) is 0 Å². The highest BCUT2D eigenvalue weighted by molar-refractivity contribution is 5.86. The van der Waals surface area contributed by atoms with E-state index in [9.17, 15) is 0 Å². The zero-order valence-electron chi connectivity index (χ0n) is 22.6. The van der Waals surface area contributed by atoms with Crippen molar-refractivity contribution in [3.05, 3.63) is 101 Å². The quantitative estimate of drug-likeness (QED) is 0.224. The van der Waals surface area contributed by atoms with Gasteiger partial charge in [-0.25, -0.2) is 4.57 Å². The Morgan fingerprint density at radius 1 is 0.789 bits per heavy atom. The lowest BCUT2D eigenvalue weighted by Crippen LogP contribution is -2.58. The third-order valence-electron chi connectivity index (χ3n) is 10.1. The van der Waals surface area contributed by atoms with Gasteiger partial charge in [0, 0.05) is 12.1 Å². The average molecular weight is 498 g/mol. The van der Waals surface area contributed by atoms with Crippen LogP contribution in [0.25, 0.3) is 28.0 Å². The fourth-order valence-electron chi connectivity index (χ4n) is 8.32. The number of hydrogen-bond acceptors (Lipinski definition) is 1. The molecule has 1 aliphatic carbocycles. The van der Waals surface area contributed by atoms with E-state index in [1.807, 2.05) is 0 Å². The molecule has 0 radical (unpaired) electrons. The maximum absolute atomic E-state index is 6.84. The number of fused-ring (bicyclic) bond motifs is 9. The molecule has 1 unspecified atom stereocenters. The van der Waals surface area contributed by atoms with Crippen molar-refractivity contribution < 1.29 is 13.9 Å². The Hall–Kier alpha value is -3.92. The van der Waals surface area contributed by atoms with Crippen LogP contribution >= 0.6 is 0 Å². The van der Waals surface area contributed by atoms with Gasteiger partial charge in [-0.1, -0.05) is 52.0 Å². The lowest BCUT2D eigenvalue weighted by atomic mass is 9.60. The Bertz CT molecular complexity index is 1880. The predicted molar refractivity (Wildman–Crippen MR) is 147 cm³/mol. The summed E-state index contributed by atoms with van der Waals surface area (Å²) >= 11 is 0. The van der Waals surface area contributed by atoms with Gasteiger partial charge in [0.15, 0.2) is 28.9 Å². The standard InChI is InChI=1S/C34H31N3O/c1-32(2)16-17-33(3,4)27-22(32)19-26-30-28(27)34(21-12-7-6-11-20(21)23-13-8-9-18-36(23)34)31-35(5)24-14-10-15-25(38-26)29(24)37(30)31/h6-15,18-19H,16-17H2,1-5H3/q+2. The normalized spacial score (nSPS) is 21.8. The minimum atomic E-state index is -0.494. The molecular formula is C34H31N3O+2. The molecule has 38 heavy (non-hydrogen) atoms. The van der Waals surface area contributed by atoms with Crippen LogP contribution < -0.4 is 13.9 Å². The third-order valence-corrected chi connectivity index (χ3v) is 10.1. The number of pyridine rings is 1. The van der Waals surface area contributed by atoms with Gasteiger partial charge in [-0.2, -0.15) is 9.13 Å². The first-order chi connectivity index (χ1) is 18.3. The first kappa shape index (κ1) is 21.1. The minimum absolute atomic E-state index is 0.0357. The van der Waals surface area contributed by atoms with Gasteiger partial charge in [0.2, 0.25) is 11.2 Å². The van der Waals surface area contributed by atoms with E-state index >= 15 is 0 Å². The Morgan fingerprint density at radius 2 is 1.58 bits per heavy atom. The lowest BCUT2D eigenvalue weighted by molar-refractivity contribution is -0.733. The summed E-state index contributed by atoms with van der Waals surface area (Å²) in [6.07, 6.45) is 4.63. The molecule has 0 N–H and O–H groups in total. The van der Waals surface area contributed by atoms with Crippen LogP contribution in [0, 0.1) is 0 Å². The molecule has 3 aromatic carbocycles. The minimum Gasteiger partial charge on any atom is -0.448 e. The van der Waals surface area contributed by atoms with Crippen molar-refractivity contribution in [1.82, 2.24) is 4.57 Å². The van der Waals surface area contributed by atoms with Crippen molar-refractivity contribution in [2.45, 2.75) is 56.9 Å². The summed E-state index contributed by atoms with van der Waals surface area (Å²) in [4.78, 5) is 0. The molecule has 1 spiro atoms. The zero-order valence-corrected chi connectivity index (χ0v) is 22.6. The molecular weight excluding hydrogens is 466 g/mol. The van der Waals surface area contributed by atoms with Gasteiger partial charge >= 0.3 is 11.4 Å². The van der Waals surface area contributed by atoms with Crippen molar-refractivity contribution in [2.24, 2.45) is 7.05 Å². The number of benzene rings is 3. The predicted octanol–water partition coefficient (Wildman–Crippen LogP) is 6.33. The number of imidazole rings is 1. The highest BCUT2D eigenvalue weighted by Gasteiger charge is 2.70. The number of aryl methyl sites for hydroxylation is 1. The molecule has 4 heteroatoms.